The normalized spacial score (nSPS) is 11.2. The molecule has 0 aliphatic rings. The van der Waals surface area contributed by atoms with Crippen LogP contribution in [0.4, 0.5) is 5.69 Å². The van der Waals surface area contributed by atoms with E-state index in [0.29, 0.717) is 24.4 Å². The summed E-state index contributed by atoms with van der Waals surface area (Å²) in [5.74, 6) is 0.569. The maximum absolute atomic E-state index is 12.5. The molecule has 1 N–H and O–H groups in total. The van der Waals surface area contributed by atoms with Gasteiger partial charge in [-0.2, -0.15) is 0 Å². The summed E-state index contributed by atoms with van der Waals surface area (Å²) < 4.78 is 33.1. The molecular weight excluding hydrogens is 563 g/mol. The number of carbonyl (C=O) groups is 1. The van der Waals surface area contributed by atoms with Crippen molar-refractivity contribution in [3.05, 3.63) is 92.6 Å². The van der Waals surface area contributed by atoms with Crippen LogP contribution in [-0.2, 0) is 23.0 Å². The molecule has 3 rings (SSSR count). The van der Waals surface area contributed by atoms with Crippen LogP contribution in [0.5, 0.6) is 5.75 Å². The number of rotatable bonds is 10. The number of aryl methyl sites for hydroxylation is 2. The van der Waals surface area contributed by atoms with E-state index in [0.717, 1.165) is 26.9 Å². The summed E-state index contributed by atoms with van der Waals surface area (Å²) in [5, 5.41) is 2.84. The van der Waals surface area contributed by atoms with Crippen molar-refractivity contribution in [3.8, 4) is 5.75 Å². The van der Waals surface area contributed by atoms with E-state index in [2.05, 4.69) is 34.8 Å². The van der Waals surface area contributed by atoms with Crippen molar-refractivity contribution >= 4 is 44.2 Å². The SMILES string of the molecule is CCc1ccc(OCCNC(=O)c2ccc(CN(c3ccc(I)cc3C)S(C)(=O)=O)cc2)cc1. The van der Waals surface area contributed by atoms with Crippen molar-refractivity contribution in [2.24, 2.45) is 0 Å². The van der Waals surface area contributed by atoms with Crippen LogP contribution in [0.15, 0.2) is 66.7 Å². The Bertz CT molecular complexity index is 1230. The lowest BCUT2D eigenvalue weighted by molar-refractivity contribution is 0.0947. The molecule has 180 valence electrons. The molecule has 0 saturated heterocycles. The number of amides is 1. The Morgan fingerprint density at radius 3 is 2.24 bits per heavy atom. The molecule has 0 radical (unpaired) electrons. The van der Waals surface area contributed by atoms with Gasteiger partial charge in [0.2, 0.25) is 10.0 Å². The molecule has 0 bridgehead atoms. The van der Waals surface area contributed by atoms with Crippen LogP contribution in [-0.4, -0.2) is 33.7 Å². The third kappa shape index (κ3) is 7.20. The zero-order valence-corrected chi connectivity index (χ0v) is 22.5. The summed E-state index contributed by atoms with van der Waals surface area (Å²) in [4.78, 5) is 12.5. The standard InChI is InChI=1S/C26H29IN2O4S/c1-4-20-7-12-24(13-8-20)33-16-15-28-26(30)22-9-5-21(6-10-22)18-29(34(3,31)32)25-14-11-23(27)17-19(25)2/h5-14,17H,4,15-16,18H2,1-3H3,(H,28,30). The Morgan fingerprint density at radius 2 is 1.65 bits per heavy atom. The number of sulfonamides is 1. The number of anilines is 1. The van der Waals surface area contributed by atoms with E-state index in [1.165, 1.54) is 16.1 Å². The molecule has 6 nitrogen and oxygen atoms in total. The minimum atomic E-state index is -3.48. The lowest BCUT2D eigenvalue weighted by Gasteiger charge is -2.24. The topological polar surface area (TPSA) is 75.7 Å². The summed E-state index contributed by atoms with van der Waals surface area (Å²) in [6, 6.07) is 20.5. The van der Waals surface area contributed by atoms with Gasteiger partial charge in [-0.25, -0.2) is 8.42 Å². The van der Waals surface area contributed by atoms with Crippen LogP contribution in [0.1, 0.15) is 34.0 Å². The third-order valence-corrected chi connectivity index (χ3v) is 7.16. The Balaban J connectivity index is 1.57. The minimum absolute atomic E-state index is 0.187. The number of carbonyl (C=O) groups excluding carboxylic acids is 1. The number of hydrogen-bond acceptors (Lipinski definition) is 4. The van der Waals surface area contributed by atoms with E-state index in [4.69, 9.17) is 4.74 Å². The van der Waals surface area contributed by atoms with Crippen LogP contribution >= 0.6 is 22.6 Å². The number of hydrogen-bond donors (Lipinski definition) is 1. The van der Waals surface area contributed by atoms with Crippen LogP contribution in [0.25, 0.3) is 0 Å². The zero-order valence-electron chi connectivity index (χ0n) is 19.5. The Labute approximate surface area is 215 Å². The monoisotopic (exact) mass is 592 g/mol. The predicted molar refractivity (Wildman–Crippen MR) is 145 cm³/mol. The van der Waals surface area contributed by atoms with E-state index >= 15 is 0 Å². The minimum Gasteiger partial charge on any atom is -0.492 e. The Hall–Kier alpha value is -2.59. The van der Waals surface area contributed by atoms with Gasteiger partial charge in [-0.3, -0.25) is 9.10 Å². The van der Waals surface area contributed by atoms with E-state index in [1.54, 1.807) is 24.3 Å². The average molecular weight is 592 g/mol. The van der Waals surface area contributed by atoms with Gasteiger partial charge in [0.15, 0.2) is 0 Å². The first-order chi connectivity index (χ1) is 16.2. The first-order valence-corrected chi connectivity index (χ1v) is 13.9. The van der Waals surface area contributed by atoms with Crippen LogP contribution in [0, 0.1) is 10.5 Å². The molecule has 34 heavy (non-hydrogen) atoms. The molecule has 3 aromatic carbocycles. The molecule has 0 aliphatic carbocycles. The summed E-state index contributed by atoms with van der Waals surface area (Å²) in [6.45, 7) is 4.93. The van der Waals surface area contributed by atoms with Crippen molar-refractivity contribution < 1.29 is 17.9 Å². The Kier molecular flexibility index (Phi) is 8.96. The molecule has 0 heterocycles. The molecule has 0 unspecified atom stereocenters. The van der Waals surface area contributed by atoms with Gasteiger partial charge in [0.25, 0.3) is 5.91 Å². The molecule has 8 heteroatoms. The van der Waals surface area contributed by atoms with E-state index in [1.807, 2.05) is 49.4 Å². The van der Waals surface area contributed by atoms with Crippen molar-refractivity contribution in [1.29, 1.82) is 0 Å². The number of ether oxygens (including phenoxy) is 1. The lowest BCUT2D eigenvalue weighted by atomic mass is 10.1. The predicted octanol–water partition coefficient (Wildman–Crippen LogP) is 4.94. The first kappa shape index (κ1) is 26.0. The highest BCUT2D eigenvalue weighted by atomic mass is 127. The second kappa shape index (κ2) is 11.7. The fourth-order valence-electron chi connectivity index (χ4n) is 3.46. The molecular formula is C26H29IN2O4S. The van der Waals surface area contributed by atoms with Gasteiger partial charge >= 0.3 is 0 Å². The molecule has 0 aromatic heterocycles. The van der Waals surface area contributed by atoms with E-state index in [-0.39, 0.29) is 12.5 Å². The fourth-order valence-corrected chi connectivity index (χ4v) is 5.06. The molecule has 3 aromatic rings. The third-order valence-electron chi connectivity index (χ3n) is 5.36. The second-order valence-electron chi connectivity index (χ2n) is 8.00. The highest BCUT2D eigenvalue weighted by Crippen LogP contribution is 2.26. The van der Waals surface area contributed by atoms with Gasteiger partial charge in [-0.05, 0) is 95.1 Å². The number of benzene rings is 3. The average Bonchev–Trinajstić information content (AvgIpc) is 2.81. The number of halogens is 1. The number of nitrogens with zero attached hydrogens (tertiary/aromatic N) is 1. The maximum Gasteiger partial charge on any atom is 0.251 e. The van der Waals surface area contributed by atoms with Crippen LogP contribution < -0.4 is 14.4 Å². The smallest absolute Gasteiger partial charge is 0.251 e. The van der Waals surface area contributed by atoms with Crippen molar-refractivity contribution in [2.75, 3.05) is 23.7 Å². The Morgan fingerprint density at radius 1 is 1.00 bits per heavy atom. The molecule has 0 aliphatic heterocycles. The fraction of sp³-hybridized carbons (Fsp3) is 0.269. The van der Waals surface area contributed by atoms with Gasteiger partial charge in [-0.1, -0.05) is 31.2 Å². The van der Waals surface area contributed by atoms with Crippen LogP contribution in [0.3, 0.4) is 0 Å². The summed E-state index contributed by atoms with van der Waals surface area (Å²) in [5.41, 5.74) is 4.08. The lowest BCUT2D eigenvalue weighted by Crippen LogP contribution is -2.30. The maximum atomic E-state index is 12.5. The highest BCUT2D eigenvalue weighted by molar-refractivity contribution is 14.1. The van der Waals surface area contributed by atoms with Gasteiger partial charge in [-0.15, -0.1) is 0 Å². The van der Waals surface area contributed by atoms with Gasteiger partial charge in [0.05, 0.1) is 25.0 Å². The van der Waals surface area contributed by atoms with Crippen molar-refractivity contribution in [3.63, 3.8) is 0 Å². The zero-order chi connectivity index (χ0) is 24.7. The molecule has 0 fully saturated rings. The van der Waals surface area contributed by atoms with Crippen LogP contribution in [0.2, 0.25) is 0 Å². The second-order valence-corrected chi connectivity index (χ2v) is 11.2. The van der Waals surface area contributed by atoms with Crippen molar-refractivity contribution in [2.45, 2.75) is 26.8 Å². The van der Waals surface area contributed by atoms with Gasteiger partial charge < -0.3 is 10.1 Å². The summed E-state index contributed by atoms with van der Waals surface area (Å²) in [6.07, 6.45) is 2.18. The van der Waals surface area contributed by atoms with Gasteiger partial charge in [0.1, 0.15) is 12.4 Å². The van der Waals surface area contributed by atoms with E-state index in [9.17, 15) is 13.2 Å². The highest BCUT2D eigenvalue weighted by Gasteiger charge is 2.20. The molecule has 0 saturated carbocycles. The number of nitrogens with one attached hydrogen (secondary N) is 1. The molecule has 0 spiro atoms. The van der Waals surface area contributed by atoms with E-state index < -0.39 is 10.0 Å². The van der Waals surface area contributed by atoms with Crippen molar-refractivity contribution in [1.82, 2.24) is 5.32 Å². The molecule has 0 atom stereocenters. The molecule has 1 amide bonds. The first-order valence-electron chi connectivity index (χ1n) is 11.0. The largest absolute Gasteiger partial charge is 0.492 e. The summed E-state index contributed by atoms with van der Waals surface area (Å²) >= 11 is 2.20. The van der Waals surface area contributed by atoms with Gasteiger partial charge in [0, 0.05) is 9.13 Å². The quantitative estimate of drug-likeness (QED) is 0.268. The summed E-state index contributed by atoms with van der Waals surface area (Å²) in [7, 11) is -3.48.